The van der Waals surface area contributed by atoms with Crippen molar-refractivity contribution in [3.05, 3.63) is 40.4 Å². The predicted molar refractivity (Wildman–Crippen MR) is 134 cm³/mol. The van der Waals surface area contributed by atoms with E-state index in [0.29, 0.717) is 11.4 Å². The largest absolute Gasteiger partial charge is 0.461 e. The molecule has 2 N–H and O–H groups in total. The lowest BCUT2D eigenvalue weighted by Gasteiger charge is -2.14. The Bertz CT molecular complexity index is 1230. The van der Waals surface area contributed by atoms with E-state index in [0.717, 1.165) is 40.8 Å². The van der Waals surface area contributed by atoms with Crippen molar-refractivity contribution in [1.29, 1.82) is 0 Å². The number of hydrogen-bond acceptors (Lipinski definition) is 6. The molecule has 0 saturated carbocycles. The number of thiophene rings is 1. The van der Waals surface area contributed by atoms with E-state index >= 15 is 0 Å². The maximum absolute atomic E-state index is 13.1. The van der Waals surface area contributed by atoms with E-state index < -0.39 is 5.97 Å². The molecular formula is C24H27N3O4S2. The highest BCUT2D eigenvalue weighted by atomic mass is 32.2. The fourth-order valence-electron chi connectivity index (χ4n) is 4.26. The highest BCUT2D eigenvalue weighted by molar-refractivity contribution is 7.98. The van der Waals surface area contributed by atoms with Gasteiger partial charge in [-0.1, -0.05) is 6.07 Å². The first kappa shape index (κ1) is 23.4. The van der Waals surface area contributed by atoms with Crippen LogP contribution in [0.4, 0.5) is 11.4 Å². The molecule has 0 radical (unpaired) electrons. The Balaban J connectivity index is 1.80. The summed E-state index contributed by atoms with van der Waals surface area (Å²) in [6, 6.07) is 7.61. The Morgan fingerprint density at radius 3 is 2.70 bits per heavy atom. The van der Waals surface area contributed by atoms with Gasteiger partial charge < -0.3 is 19.9 Å². The molecule has 7 nitrogen and oxygen atoms in total. The van der Waals surface area contributed by atoms with E-state index in [9.17, 15) is 14.4 Å². The SMILES string of the molecule is CCOC(=O)c1c(NC(C)=O)c2c3c(sc2n1CC(=O)Nc1cccc(SC)c1)CCCC3. The molecule has 4 rings (SSSR count). The first-order valence-electron chi connectivity index (χ1n) is 11.0. The third-order valence-electron chi connectivity index (χ3n) is 5.58. The third kappa shape index (κ3) is 4.79. The van der Waals surface area contributed by atoms with Gasteiger partial charge >= 0.3 is 5.97 Å². The molecule has 0 aliphatic heterocycles. The zero-order valence-corrected chi connectivity index (χ0v) is 20.6. The van der Waals surface area contributed by atoms with Gasteiger partial charge in [0, 0.05) is 27.8 Å². The van der Waals surface area contributed by atoms with E-state index in [1.807, 2.05) is 30.5 Å². The van der Waals surface area contributed by atoms with Gasteiger partial charge in [0.15, 0.2) is 5.69 Å². The van der Waals surface area contributed by atoms with Crippen LogP contribution in [0.1, 0.15) is 47.6 Å². The number of ether oxygens (including phenoxy) is 1. The number of carbonyl (C=O) groups is 3. The number of esters is 1. The van der Waals surface area contributed by atoms with Crippen LogP contribution in [0.2, 0.25) is 0 Å². The lowest BCUT2D eigenvalue weighted by Crippen LogP contribution is -2.23. The molecule has 0 bridgehead atoms. The van der Waals surface area contributed by atoms with Crippen molar-refractivity contribution in [2.75, 3.05) is 23.5 Å². The Hall–Kier alpha value is -2.78. The number of fused-ring (bicyclic) bond motifs is 3. The highest BCUT2D eigenvalue weighted by Crippen LogP contribution is 2.44. The monoisotopic (exact) mass is 485 g/mol. The summed E-state index contributed by atoms with van der Waals surface area (Å²) < 4.78 is 7.03. The Morgan fingerprint density at radius 2 is 1.97 bits per heavy atom. The van der Waals surface area contributed by atoms with Crippen molar-refractivity contribution < 1.29 is 19.1 Å². The number of carbonyl (C=O) groups excluding carboxylic acids is 3. The van der Waals surface area contributed by atoms with Gasteiger partial charge in [-0.2, -0.15) is 0 Å². The summed E-state index contributed by atoms with van der Waals surface area (Å²) in [7, 11) is 0. The van der Waals surface area contributed by atoms with Gasteiger partial charge in [0.1, 0.15) is 11.4 Å². The number of aromatic nitrogens is 1. The van der Waals surface area contributed by atoms with E-state index in [4.69, 9.17) is 4.74 Å². The number of nitrogens with one attached hydrogen (secondary N) is 2. The summed E-state index contributed by atoms with van der Waals surface area (Å²) in [5, 5.41) is 6.66. The van der Waals surface area contributed by atoms with E-state index in [1.54, 1.807) is 34.6 Å². The van der Waals surface area contributed by atoms with Crippen LogP contribution >= 0.6 is 23.1 Å². The quantitative estimate of drug-likeness (QED) is 0.360. The predicted octanol–water partition coefficient (Wildman–Crippen LogP) is 5.08. The highest BCUT2D eigenvalue weighted by Gasteiger charge is 2.31. The third-order valence-corrected chi connectivity index (χ3v) is 7.62. The number of nitrogens with zero attached hydrogens (tertiary/aromatic N) is 1. The van der Waals surface area contributed by atoms with Crippen molar-refractivity contribution in [2.45, 2.75) is 51.0 Å². The first-order chi connectivity index (χ1) is 15.9. The molecule has 33 heavy (non-hydrogen) atoms. The van der Waals surface area contributed by atoms with Crippen molar-refractivity contribution in [3.63, 3.8) is 0 Å². The second kappa shape index (κ2) is 10.0. The molecule has 0 spiro atoms. The second-order valence-electron chi connectivity index (χ2n) is 7.88. The molecular weight excluding hydrogens is 458 g/mol. The summed E-state index contributed by atoms with van der Waals surface area (Å²) >= 11 is 3.19. The van der Waals surface area contributed by atoms with Crippen molar-refractivity contribution in [3.8, 4) is 0 Å². The van der Waals surface area contributed by atoms with Gasteiger partial charge in [0.05, 0.1) is 12.3 Å². The standard InChI is InChI=1S/C24H27N3O4S2/c1-4-31-24(30)22-21(25-14(2)28)20-17-10-5-6-11-18(17)33-23(20)27(22)13-19(29)26-15-8-7-9-16(12-15)32-3/h7-9,12H,4-6,10-11,13H2,1-3H3,(H,25,28)(H,26,29). The number of thioether (sulfide) groups is 1. The van der Waals surface area contributed by atoms with Crippen LogP contribution in [0.25, 0.3) is 10.2 Å². The molecule has 2 amide bonds. The average molecular weight is 486 g/mol. The summed E-state index contributed by atoms with van der Waals surface area (Å²) in [5.41, 5.74) is 2.53. The molecule has 3 aromatic rings. The minimum Gasteiger partial charge on any atom is -0.461 e. The van der Waals surface area contributed by atoms with Gasteiger partial charge in [0.25, 0.3) is 0 Å². The molecule has 9 heteroatoms. The molecule has 2 aromatic heterocycles. The smallest absolute Gasteiger partial charge is 0.357 e. The molecule has 2 heterocycles. The van der Waals surface area contributed by atoms with Crippen LogP contribution in [0.3, 0.4) is 0 Å². The topological polar surface area (TPSA) is 89.4 Å². The number of anilines is 2. The molecule has 1 aliphatic carbocycles. The zero-order valence-electron chi connectivity index (χ0n) is 18.9. The minimum absolute atomic E-state index is 0.0624. The summed E-state index contributed by atoms with van der Waals surface area (Å²) in [6.45, 7) is 3.29. The van der Waals surface area contributed by atoms with Crippen molar-refractivity contribution in [2.24, 2.45) is 0 Å². The summed E-state index contributed by atoms with van der Waals surface area (Å²) in [6.07, 6.45) is 6.01. The van der Waals surface area contributed by atoms with E-state index in [1.165, 1.54) is 17.4 Å². The number of amides is 2. The van der Waals surface area contributed by atoms with Gasteiger partial charge in [-0.3, -0.25) is 9.59 Å². The first-order valence-corrected chi connectivity index (χ1v) is 13.0. The van der Waals surface area contributed by atoms with Crippen LogP contribution in [0, 0.1) is 0 Å². The molecule has 0 unspecified atom stereocenters. The second-order valence-corrected chi connectivity index (χ2v) is 9.85. The van der Waals surface area contributed by atoms with Gasteiger partial charge in [-0.05, 0) is 62.6 Å². The normalized spacial score (nSPS) is 12.9. The Kier molecular flexibility index (Phi) is 7.09. The molecule has 0 saturated heterocycles. The average Bonchev–Trinajstić information content (AvgIpc) is 3.29. The number of benzene rings is 1. The number of aryl methyl sites for hydroxylation is 2. The fraction of sp³-hybridized carbons (Fsp3) is 0.375. The van der Waals surface area contributed by atoms with Crippen LogP contribution in [-0.2, 0) is 33.7 Å². The van der Waals surface area contributed by atoms with Crippen LogP contribution in [0.15, 0.2) is 29.2 Å². The fourth-order valence-corrected chi connectivity index (χ4v) is 6.12. The molecule has 1 aliphatic rings. The number of hydrogen-bond donors (Lipinski definition) is 2. The molecule has 174 valence electrons. The van der Waals surface area contributed by atoms with Crippen molar-refractivity contribution in [1.82, 2.24) is 4.57 Å². The summed E-state index contributed by atoms with van der Waals surface area (Å²) in [4.78, 5) is 41.2. The lowest BCUT2D eigenvalue weighted by molar-refractivity contribution is -0.116. The van der Waals surface area contributed by atoms with Crippen LogP contribution in [0.5, 0.6) is 0 Å². The van der Waals surface area contributed by atoms with Crippen LogP contribution < -0.4 is 10.6 Å². The molecule has 1 aromatic carbocycles. The van der Waals surface area contributed by atoms with Crippen LogP contribution in [-0.4, -0.2) is 35.2 Å². The number of rotatable bonds is 7. The van der Waals surface area contributed by atoms with Gasteiger partial charge in [-0.25, -0.2) is 4.79 Å². The van der Waals surface area contributed by atoms with Crippen molar-refractivity contribution >= 4 is 62.5 Å². The zero-order chi connectivity index (χ0) is 23.5. The maximum atomic E-state index is 13.1. The minimum atomic E-state index is -0.550. The Morgan fingerprint density at radius 1 is 1.18 bits per heavy atom. The molecule has 0 atom stereocenters. The van der Waals surface area contributed by atoms with Gasteiger partial charge in [0.2, 0.25) is 11.8 Å². The van der Waals surface area contributed by atoms with E-state index in [-0.39, 0.29) is 30.7 Å². The maximum Gasteiger partial charge on any atom is 0.357 e. The Labute approximate surface area is 200 Å². The molecule has 0 fully saturated rings. The summed E-state index contributed by atoms with van der Waals surface area (Å²) in [5.74, 6) is -1.07. The van der Waals surface area contributed by atoms with E-state index in [2.05, 4.69) is 10.6 Å². The van der Waals surface area contributed by atoms with Gasteiger partial charge in [-0.15, -0.1) is 23.1 Å². The lowest BCUT2D eigenvalue weighted by atomic mass is 9.96.